The zero-order valence-corrected chi connectivity index (χ0v) is 24.5. The normalized spacial score (nSPS) is 11.6. The van der Waals surface area contributed by atoms with Crippen LogP contribution in [0.25, 0.3) is 43.4 Å². The molecule has 0 N–H and O–H groups in total. The molecular weight excluding hydrogens is 686 g/mol. The van der Waals surface area contributed by atoms with Gasteiger partial charge >= 0.3 is 0 Å². The fourth-order valence-corrected chi connectivity index (χ4v) is 6.84. The van der Waals surface area contributed by atoms with E-state index in [-0.39, 0.29) is 9.13 Å². The third-order valence-corrected chi connectivity index (χ3v) is 9.08. The fraction of sp³-hybridized carbons (Fsp3) is 0. The molecule has 0 aliphatic heterocycles. The average Bonchev–Trinajstić information content (AvgIpc) is 2.99. The monoisotopic (exact) mass is 703 g/mol. The third kappa shape index (κ3) is 3.80. The molecule has 194 valence electrons. The molecule has 0 fully saturated rings. The number of nitrogens with zero attached hydrogens (tertiary/aromatic N) is 1. The Morgan fingerprint density at radius 3 is 1.70 bits per heavy atom. The van der Waals surface area contributed by atoms with E-state index in [4.69, 9.17) is 0 Å². The van der Waals surface area contributed by atoms with Gasteiger partial charge in [-0.1, -0.05) is 94.8 Å². The average molecular weight is 704 g/mol. The molecule has 0 radical (unpaired) electrons. The summed E-state index contributed by atoms with van der Waals surface area (Å²) in [7, 11) is 0. The first-order valence-electron chi connectivity index (χ1n) is 12.6. The molecule has 1 nitrogen and oxygen atoms in total. The Bertz CT molecular complexity index is 1990. The molecule has 7 aromatic carbocycles. The second-order valence-corrected chi connectivity index (χ2v) is 11.5. The maximum atomic E-state index is 16.4. The molecule has 0 saturated carbocycles. The first-order valence-corrected chi connectivity index (χ1v) is 14.5. The predicted molar refractivity (Wildman–Crippen MR) is 171 cm³/mol. The highest BCUT2D eigenvalue weighted by atomic mass is 127. The Labute approximate surface area is 250 Å². The van der Waals surface area contributed by atoms with E-state index < -0.39 is 23.1 Å². The smallest absolute Gasteiger partial charge is 0.186 e. The highest BCUT2D eigenvalue weighted by Gasteiger charge is 2.30. The van der Waals surface area contributed by atoms with Gasteiger partial charge in [-0.2, -0.15) is 0 Å². The summed E-state index contributed by atoms with van der Waals surface area (Å²) < 4.78 is 49.8. The van der Waals surface area contributed by atoms with Gasteiger partial charge in [0, 0.05) is 21.4 Å². The second-order valence-electron chi connectivity index (χ2n) is 9.57. The molecule has 0 unspecified atom stereocenters. The van der Waals surface area contributed by atoms with Crippen LogP contribution >= 0.6 is 38.5 Å². The molecule has 0 atom stereocenters. The van der Waals surface area contributed by atoms with Crippen molar-refractivity contribution < 1.29 is 13.2 Å². The van der Waals surface area contributed by atoms with Crippen molar-refractivity contribution in [3.8, 4) is 11.1 Å². The van der Waals surface area contributed by atoms with Gasteiger partial charge in [-0.3, -0.25) is 0 Å². The number of halogens is 5. The number of para-hydroxylation sites is 2. The minimum absolute atomic E-state index is 0.0135. The molecule has 6 heteroatoms. The lowest BCUT2D eigenvalue weighted by molar-refractivity contribution is 0.498. The summed E-state index contributed by atoms with van der Waals surface area (Å²) in [5.74, 6) is -3.15. The van der Waals surface area contributed by atoms with E-state index in [1.165, 1.54) is 4.90 Å². The quantitative estimate of drug-likeness (QED) is 0.100. The Morgan fingerprint density at radius 2 is 1.07 bits per heavy atom. The second kappa shape index (κ2) is 9.78. The van der Waals surface area contributed by atoms with E-state index in [1.807, 2.05) is 54.6 Å². The molecule has 7 aromatic rings. The van der Waals surface area contributed by atoms with Crippen molar-refractivity contribution in [2.75, 3.05) is 4.90 Å². The summed E-state index contributed by atoms with van der Waals surface area (Å²) in [5, 5.41) is 5.74. The lowest BCUT2D eigenvalue weighted by Gasteiger charge is -2.27. The van der Waals surface area contributed by atoms with Crippen LogP contribution in [0.2, 0.25) is 0 Å². The van der Waals surface area contributed by atoms with Crippen LogP contribution in [0.5, 0.6) is 0 Å². The van der Waals surface area contributed by atoms with Gasteiger partial charge in [0.15, 0.2) is 17.5 Å². The maximum Gasteiger partial charge on any atom is 0.186 e. The van der Waals surface area contributed by atoms with E-state index in [9.17, 15) is 0 Å². The fourth-order valence-electron chi connectivity index (χ4n) is 5.60. The largest absolute Gasteiger partial charge is 0.305 e. The number of hydrogen-bond donors (Lipinski definition) is 0. The zero-order chi connectivity index (χ0) is 27.5. The van der Waals surface area contributed by atoms with E-state index in [0.29, 0.717) is 16.9 Å². The first-order chi connectivity index (χ1) is 19.5. The molecular formula is C34H18BrF3IN. The van der Waals surface area contributed by atoms with Gasteiger partial charge in [-0.15, -0.1) is 0 Å². The molecule has 0 bridgehead atoms. The van der Waals surface area contributed by atoms with Gasteiger partial charge in [0.05, 0.1) is 3.57 Å². The van der Waals surface area contributed by atoms with Crippen molar-refractivity contribution in [2.24, 2.45) is 0 Å². The number of rotatable bonds is 4. The minimum atomic E-state index is -1.24. The van der Waals surface area contributed by atoms with Gasteiger partial charge in [0.2, 0.25) is 0 Å². The van der Waals surface area contributed by atoms with Crippen molar-refractivity contribution in [3.05, 3.63) is 135 Å². The molecule has 40 heavy (non-hydrogen) atoms. The topological polar surface area (TPSA) is 3.24 Å². The van der Waals surface area contributed by atoms with E-state index in [0.717, 1.165) is 36.8 Å². The first kappa shape index (κ1) is 25.4. The number of hydrogen-bond acceptors (Lipinski definition) is 1. The van der Waals surface area contributed by atoms with Crippen molar-refractivity contribution in [3.63, 3.8) is 0 Å². The molecule has 0 heterocycles. The third-order valence-electron chi connectivity index (χ3n) is 7.37. The van der Waals surface area contributed by atoms with Crippen LogP contribution in [0, 0.1) is 21.0 Å². The van der Waals surface area contributed by atoms with Crippen LogP contribution < -0.4 is 4.90 Å². The number of benzene rings is 7. The summed E-state index contributed by atoms with van der Waals surface area (Å²) in [6.07, 6.45) is 0. The molecule has 0 spiro atoms. The Hall–Kier alpha value is -3.62. The minimum Gasteiger partial charge on any atom is -0.305 e. The maximum absolute atomic E-state index is 16.4. The Kier molecular flexibility index (Phi) is 6.20. The van der Waals surface area contributed by atoms with E-state index in [1.54, 1.807) is 77.2 Å². The molecule has 0 amide bonds. The van der Waals surface area contributed by atoms with Crippen LogP contribution in [0.4, 0.5) is 30.2 Å². The van der Waals surface area contributed by atoms with E-state index >= 15 is 13.2 Å². The van der Waals surface area contributed by atoms with Gasteiger partial charge in [-0.05, 0) is 90.8 Å². The summed E-state index contributed by atoms with van der Waals surface area (Å²) in [5.41, 5.74) is 0.937. The van der Waals surface area contributed by atoms with Gasteiger partial charge < -0.3 is 4.90 Å². The van der Waals surface area contributed by atoms with Crippen LogP contribution in [-0.2, 0) is 0 Å². The molecule has 0 aromatic heterocycles. The van der Waals surface area contributed by atoms with Gasteiger partial charge in [-0.25, -0.2) is 13.2 Å². The molecule has 7 rings (SSSR count). The zero-order valence-electron chi connectivity index (χ0n) is 20.7. The highest BCUT2D eigenvalue weighted by Crippen LogP contribution is 2.47. The summed E-state index contributed by atoms with van der Waals surface area (Å²) in [4.78, 5) is 1.42. The van der Waals surface area contributed by atoms with Gasteiger partial charge in [0.1, 0.15) is 5.69 Å². The van der Waals surface area contributed by atoms with Crippen LogP contribution in [0.3, 0.4) is 0 Å². The SMILES string of the molecule is Fc1c(F)c(N(c2ccccc2)c2ccccc2)c(F)c(I)c1-c1ccc2ccc3c(Br)ccc4ccc1c2c43. The lowest BCUT2D eigenvalue weighted by Crippen LogP contribution is -2.16. The highest BCUT2D eigenvalue weighted by molar-refractivity contribution is 14.1. The van der Waals surface area contributed by atoms with Crippen molar-refractivity contribution in [2.45, 2.75) is 0 Å². The van der Waals surface area contributed by atoms with Gasteiger partial charge in [0.25, 0.3) is 0 Å². The molecule has 0 aliphatic rings. The lowest BCUT2D eigenvalue weighted by atomic mass is 9.89. The van der Waals surface area contributed by atoms with Crippen LogP contribution in [0.1, 0.15) is 0 Å². The Morgan fingerprint density at radius 1 is 0.550 bits per heavy atom. The number of anilines is 3. The van der Waals surface area contributed by atoms with Crippen molar-refractivity contribution in [1.29, 1.82) is 0 Å². The Balaban J connectivity index is 1.52. The van der Waals surface area contributed by atoms with Crippen molar-refractivity contribution >= 4 is 87.9 Å². The molecule has 0 saturated heterocycles. The predicted octanol–water partition coefficient (Wildman–Crippen LogP) is 11.5. The summed E-state index contributed by atoms with van der Waals surface area (Å²) in [6.45, 7) is 0. The summed E-state index contributed by atoms with van der Waals surface area (Å²) in [6, 6.07) is 33.3. The van der Waals surface area contributed by atoms with Crippen LogP contribution in [0.15, 0.2) is 114 Å². The van der Waals surface area contributed by atoms with E-state index in [2.05, 4.69) is 15.9 Å². The van der Waals surface area contributed by atoms with Crippen molar-refractivity contribution in [1.82, 2.24) is 0 Å². The molecule has 0 aliphatic carbocycles. The summed E-state index contributed by atoms with van der Waals surface area (Å²) >= 11 is 5.45. The standard InChI is InChI=1S/C34H18BrF3IN/c35-26-18-14-20-11-15-23-24(16-12-19-13-17-25(26)28(20)27(19)23)29-30(36)31(37)34(32(38)33(29)39)40(21-7-3-1-4-8-21)22-9-5-2-6-10-22/h1-18H. The van der Waals surface area contributed by atoms with Crippen LogP contribution in [-0.4, -0.2) is 0 Å².